The SMILES string of the molecule is CCNC(=NCc1nncn1-c1ccccc1)N1CC2OCCN(Cc3ccccc3)C2C1. The topological polar surface area (TPSA) is 70.8 Å². The third-order valence-corrected chi connectivity index (χ3v) is 6.30. The van der Waals surface area contributed by atoms with Gasteiger partial charge in [0, 0.05) is 38.4 Å². The molecule has 0 bridgehead atoms. The number of nitrogens with zero attached hydrogens (tertiary/aromatic N) is 6. The summed E-state index contributed by atoms with van der Waals surface area (Å²) in [6.07, 6.45) is 1.94. The number of ether oxygens (including phenoxy) is 1. The molecular weight excluding hydrogens is 414 g/mol. The Morgan fingerprint density at radius 2 is 1.88 bits per heavy atom. The van der Waals surface area contributed by atoms with Crippen molar-refractivity contribution in [1.82, 2.24) is 29.9 Å². The molecule has 0 radical (unpaired) electrons. The Hall–Kier alpha value is -3.23. The van der Waals surface area contributed by atoms with Crippen molar-refractivity contribution in [3.8, 4) is 5.69 Å². The van der Waals surface area contributed by atoms with Gasteiger partial charge in [0.25, 0.3) is 0 Å². The van der Waals surface area contributed by atoms with Gasteiger partial charge in [-0.15, -0.1) is 10.2 Å². The van der Waals surface area contributed by atoms with Gasteiger partial charge in [0.1, 0.15) is 12.9 Å². The number of fused-ring (bicyclic) bond motifs is 1. The molecule has 2 unspecified atom stereocenters. The van der Waals surface area contributed by atoms with Crippen LogP contribution in [0.2, 0.25) is 0 Å². The van der Waals surface area contributed by atoms with Crippen molar-refractivity contribution in [2.24, 2.45) is 4.99 Å². The summed E-state index contributed by atoms with van der Waals surface area (Å²) in [4.78, 5) is 9.80. The summed E-state index contributed by atoms with van der Waals surface area (Å²) >= 11 is 0. The van der Waals surface area contributed by atoms with Gasteiger partial charge in [0.2, 0.25) is 0 Å². The van der Waals surface area contributed by atoms with Crippen LogP contribution in [0, 0.1) is 0 Å². The molecule has 0 amide bonds. The first kappa shape index (κ1) is 21.6. The molecule has 172 valence electrons. The summed E-state index contributed by atoms with van der Waals surface area (Å²) < 4.78 is 8.15. The minimum atomic E-state index is 0.194. The molecular formula is C25H31N7O. The Labute approximate surface area is 194 Å². The molecule has 8 heteroatoms. The minimum absolute atomic E-state index is 0.194. The van der Waals surface area contributed by atoms with Gasteiger partial charge in [-0.1, -0.05) is 48.5 Å². The molecule has 3 aromatic rings. The van der Waals surface area contributed by atoms with Crippen molar-refractivity contribution in [3.05, 3.63) is 78.4 Å². The van der Waals surface area contributed by atoms with E-state index in [0.29, 0.717) is 12.6 Å². The van der Waals surface area contributed by atoms with Crippen LogP contribution in [0.25, 0.3) is 5.69 Å². The molecule has 0 saturated carbocycles. The number of nitrogens with one attached hydrogen (secondary N) is 1. The Bertz CT molecular complexity index is 1050. The fourth-order valence-corrected chi connectivity index (χ4v) is 4.69. The molecule has 1 aromatic heterocycles. The van der Waals surface area contributed by atoms with Crippen LogP contribution in [0.4, 0.5) is 0 Å². The number of benzene rings is 2. The van der Waals surface area contributed by atoms with Gasteiger partial charge in [-0.2, -0.15) is 0 Å². The van der Waals surface area contributed by atoms with E-state index >= 15 is 0 Å². The molecule has 2 saturated heterocycles. The number of guanidine groups is 1. The Morgan fingerprint density at radius 3 is 2.67 bits per heavy atom. The molecule has 8 nitrogen and oxygen atoms in total. The van der Waals surface area contributed by atoms with Crippen LogP contribution in [0.3, 0.4) is 0 Å². The summed E-state index contributed by atoms with van der Waals surface area (Å²) in [6, 6.07) is 21.2. The maximum Gasteiger partial charge on any atom is 0.194 e. The number of hydrogen-bond acceptors (Lipinski definition) is 5. The number of aromatic nitrogens is 3. The zero-order chi connectivity index (χ0) is 22.5. The second kappa shape index (κ2) is 10.1. The van der Waals surface area contributed by atoms with Crippen LogP contribution < -0.4 is 5.32 Å². The van der Waals surface area contributed by atoms with Crippen molar-refractivity contribution < 1.29 is 4.74 Å². The average molecular weight is 446 g/mol. The van der Waals surface area contributed by atoms with Crippen molar-refractivity contribution in [2.45, 2.75) is 32.2 Å². The van der Waals surface area contributed by atoms with E-state index in [9.17, 15) is 0 Å². The predicted octanol–water partition coefficient (Wildman–Crippen LogP) is 2.32. The largest absolute Gasteiger partial charge is 0.373 e. The fourth-order valence-electron chi connectivity index (χ4n) is 4.69. The summed E-state index contributed by atoms with van der Waals surface area (Å²) in [6.45, 7) is 7.79. The number of para-hydroxylation sites is 1. The van der Waals surface area contributed by atoms with Crippen LogP contribution in [0.15, 0.2) is 72.0 Å². The van der Waals surface area contributed by atoms with E-state index in [1.165, 1.54) is 5.56 Å². The highest BCUT2D eigenvalue weighted by molar-refractivity contribution is 5.80. The monoisotopic (exact) mass is 445 g/mol. The lowest BCUT2D eigenvalue weighted by Crippen LogP contribution is -2.50. The highest BCUT2D eigenvalue weighted by Crippen LogP contribution is 2.25. The van der Waals surface area contributed by atoms with Gasteiger partial charge in [-0.25, -0.2) is 4.99 Å². The fraction of sp³-hybridized carbons (Fsp3) is 0.400. The maximum absolute atomic E-state index is 6.16. The van der Waals surface area contributed by atoms with Gasteiger partial charge in [-0.3, -0.25) is 9.47 Å². The van der Waals surface area contributed by atoms with Crippen molar-refractivity contribution in [1.29, 1.82) is 0 Å². The van der Waals surface area contributed by atoms with Crippen LogP contribution >= 0.6 is 0 Å². The maximum atomic E-state index is 6.16. The lowest BCUT2D eigenvalue weighted by Gasteiger charge is -2.36. The molecule has 2 atom stereocenters. The van der Waals surface area contributed by atoms with Crippen LogP contribution in [-0.4, -0.2) is 75.5 Å². The van der Waals surface area contributed by atoms with Crippen molar-refractivity contribution in [2.75, 3.05) is 32.8 Å². The smallest absolute Gasteiger partial charge is 0.194 e. The van der Waals surface area contributed by atoms with Gasteiger partial charge in [0.15, 0.2) is 11.8 Å². The minimum Gasteiger partial charge on any atom is -0.373 e. The highest BCUT2D eigenvalue weighted by atomic mass is 16.5. The molecule has 33 heavy (non-hydrogen) atoms. The standard InChI is InChI=1S/C25H31N7O/c1-2-26-25(27-15-24-29-28-19-32(24)21-11-7-4-8-12-21)31-17-22-23(18-31)33-14-13-30(22)16-20-9-5-3-6-10-20/h3-12,19,22-23H,2,13-18H2,1H3,(H,26,27). The van der Waals surface area contributed by atoms with Gasteiger partial charge >= 0.3 is 0 Å². The quantitative estimate of drug-likeness (QED) is 0.464. The molecule has 0 spiro atoms. The molecule has 2 fully saturated rings. The number of rotatable bonds is 6. The Balaban J connectivity index is 1.30. The first-order valence-corrected chi connectivity index (χ1v) is 11.7. The van der Waals surface area contributed by atoms with Gasteiger partial charge < -0.3 is 15.0 Å². The Kier molecular flexibility index (Phi) is 6.64. The summed E-state index contributed by atoms with van der Waals surface area (Å²) in [5.74, 6) is 1.72. The van der Waals surface area contributed by atoms with Crippen molar-refractivity contribution >= 4 is 5.96 Å². The zero-order valence-electron chi connectivity index (χ0n) is 19.0. The summed E-state index contributed by atoms with van der Waals surface area (Å²) in [5.41, 5.74) is 2.38. The normalized spacial score (nSPS) is 21.2. The van der Waals surface area contributed by atoms with E-state index in [1.54, 1.807) is 6.33 Å². The number of aliphatic imine (C=N–C) groups is 1. The predicted molar refractivity (Wildman–Crippen MR) is 128 cm³/mol. The van der Waals surface area contributed by atoms with Crippen molar-refractivity contribution in [3.63, 3.8) is 0 Å². The molecule has 1 N–H and O–H groups in total. The second-order valence-electron chi connectivity index (χ2n) is 8.46. The van der Waals surface area contributed by atoms with E-state index in [1.807, 2.05) is 34.9 Å². The van der Waals surface area contributed by atoms with E-state index in [0.717, 1.165) is 56.8 Å². The first-order chi connectivity index (χ1) is 16.3. The average Bonchev–Trinajstić information content (AvgIpc) is 3.51. The Morgan fingerprint density at radius 1 is 1.09 bits per heavy atom. The summed E-state index contributed by atoms with van der Waals surface area (Å²) in [5, 5.41) is 11.9. The lowest BCUT2D eigenvalue weighted by molar-refractivity contribution is -0.0502. The second-order valence-corrected chi connectivity index (χ2v) is 8.46. The molecule has 2 aromatic carbocycles. The first-order valence-electron chi connectivity index (χ1n) is 11.7. The molecule has 5 rings (SSSR count). The molecule has 2 aliphatic heterocycles. The van der Waals surface area contributed by atoms with Gasteiger partial charge in [0.05, 0.1) is 18.8 Å². The van der Waals surface area contributed by atoms with Gasteiger partial charge in [-0.05, 0) is 24.6 Å². The van der Waals surface area contributed by atoms with E-state index in [-0.39, 0.29) is 6.10 Å². The van der Waals surface area contributed by atoms with E-state index in [4.69, 9.17) is 9.73 Å². The van der Waals surface area contributed by atoms with E-state index in [2.05, 4.69) is 62.6 Å². The lowest BCUT2D eigenvalue weighted by atomic mass is 10.1. The van der Waals surface area contributed by atoms with Crippen LogP contribution in [0.1, 0.15) is 18.3 Å². The van der Waals surface area contributed by atoms with Crippen LogP contribution in [-0.2, 0) is 17.8 Å². The molecule has 0 aliphatic carbocycles. The molecule has 3 heterocycles. The van der Waals surface area contributed by atoms with Crippen LogP contribution in [0.5, 0.6) is 0 Å². The van der Waals surface area contributed by atoms with E-state index < -0.39 is 0 Å². The third kappa shape index (κ3) is 4.91. The number of likely N-dealkylation sites (tertiary alicyclic amines) is 1. The number of morpholine rings is 1. The zero-order valence-corrected chi connectivity index (χ0v) is 19.0. The number of hydrogen-bond donors (Lipinski definition) is 1. The third-order valence-electron chi connectivity index (χ3n) is 6.30. The highest BCUT2D eigenvalue weighted by Gasteiger charge is 2.41. The summed E-state index contributed by atoms with van der Waals surface area (Å²) in [7, 11) is 0. The molecule has 2 aliphatic rings.